The van der Waals surface area contributed by atoms with Crippen LogP contribution in [0.2, 0.25) is 0 Å². The van der Waals surface area contributed by atoms with Crippen LogP contribution in [0.1, 0.15) is 35.8 Å². The molecule has 0 N–H and O–H groups in total. The number of halogens is 1. The number of nitrogens with zero attached hydrogens (tertiary/aromatic N) is 2. The van der Waals surface area contributed by atoms with E-state index in [2.05, 4.69) is 9.84 Å². The molecule has 1 heterocycles. The summed E-state index contributed by atoms with van der Waals surface area (Å²) in [6.07, 6.45) is 0. The highest BCUT2D eigenvalue weighted by Gasteiger charge is 2.18. The van der Waals surface area contributed by atoms with Gasteiger partial charge in [0.15, 0.2) is 0 Å². The van der Waals surface area contributed by atoms with E-state index < -0.39 is 17.3 Å². The molecule has 6 heteroatoms. The van der Waals surface area contributed by atoms with Gasteiger partial charge in [0.05, 0.1) is 18.5 Å². The van der Waals surface area contributed by atoms with Crippen molar-refractivity contribution in [1.29, 1.82) is 0 Å². The van der Waals surface area contributed by atoms with Gasteiger partial charge < -0.3 is 4.74 Å². The molecule has 0 amide bonds. The zero-order valence-electron chi connectivity index (χ0n) is 12.0. The molecule has 0 saturated heterocycles. The minimum Gasteiger partial charge on any atom is -0.465 e. The number of ether oxygens (including phenoxy) is 1. The number of esters is 1. The molecule has 0 aliphatic heterocycles. The van der Waals surface area contributed by atoms with Crippen LogP contribution in [0.4, 0.5) is 4.39 Å². The van der Waals surface area contributed by atoms with Crippen molar-refractivity contribution in [3.05, 3.63) is 57.8 Å². The van der Waals surface area contributed by atoms with E-state index in [1.54, 1.807) is 0 Å². The lowest BCUT2D eigenvalue weighted by Gasteiger charge is -2.11. The second kappa shape index (κ2) is 5.87. The lowest BCUT2D eigenvalue weighted by atomic mass is 10.1. The third-order valence-electron chi connectivity index (χ3n) is 3.00. The first-order valence-electron chi connectivity index (χ1n) is 6.42. The van der Waals surface area contributed by atoms with Crippen molar-refractivity contribution in [3.63, 3.8) is 0 Å². The predicted octanol–water partition coefficient (Wildman–Crippen LogP) is 2.28. The minimum atomic E-state index is -0.722. The molecule has 2 aromatic rings. The van der Waals surface area contributed by atoms with Gasteiger partial charge >= 0.3 is 5.97 Å². The van der Waals surface area contributed by atoms with Gasteiger partial charge in [0.1, 0.15) is 11.4 Å². The fourth-order valence-electron chi connectivity index (χ4n) is 1.81. The summed E-state index contributed by atoms with van der Waals surface area (Å²) >= 11 is 0. The molecule has 5 nitrogen and oxygen atoms in total. The van der Waals surface area contributed by atoms with Gasteiger partial charge in [-0.1, -0.05) is 13.8 Å². The maximum absolute atomic E-state index is 13.0. The van der Waals surface area contributed by atoms with Gasteiger partial charge in [-0.15, -0.1) is 0 Å². The molecule has 0 fully saturated rings. The lowest BCUT2D eigenvalue weighted by molar-refractivity contribution is 0.0597. The zero-order valence-corrected chi connectivity index (χ0v) is 12.0. The number of carbonyl (C=O) groups excluding carboxylic acids is 1. The van der Waals surface area contributed by atoms with E-state index in [1.165, 1.54) is 37.4 Å². The van der Waals surface area contributed by atoms with E-state index in [-0.39, 0.29) is 11.5 Å². The Labute approximate surface area is 121 Å². The van der Waals surface area contributed by atoms with Crippen LogP contribution < -0.4 is 5.56 Å². The van der Waals surface area contributed by atoms with Gasteiger partial charge in [-0.3, -0.25) is 4.79 Å². The maximum Gasteiger partial charge on any atom is 0.343 e. The van der Waals surface area contributed by atoms with Crippen LogP contribution in [-0.4, -0.2) is 22.9 Å². The summed E-state index contributed by atoms with van der Waals surface area (Å²) in [5.41, 5.74) is 0.256. The highest BCUT2D eigenvalue weighted by molar-refractivity contribution is 5.89. The van der Waals surface area contributed by atoms with E-state index in [0.717, 1.165) is 4.68 Å². The van der Waals surface area contributed by atoms with E-state index in [4.69, 9.17) is 0 Å². The van der Waals surface area contributed by atoms with Crippen molar-refractivity contribution in [2.75, 3.05) is 7.11 Å². The average molecular weight is 290 g/mol. The maximum atomic E-state index is 13.0. The van der Waals surface area contributed by atoms with Crippen LogP contribution in [0.5, 0.6) is 0 Å². The molecule has 0 spiro atoms. The summed E-state index contributed by atoms with van der Waals surface area (Å²) in [5, 5.41) is 4.22. The number of hydrogen-bond donors (Lipinski definition) is 0. The quantitative estimate of drug-likeness (QED) is 0.814. The molecule has 21 heavy (non-hydrogen) atoms. The molecule has 1 aromatic heterocycles. The standard InChI is InChI=1S/C15H15FN2O3/c1-9(2)13-8-12(15(20)21-3)14(19)18(17-13)11-6-4-10(16)5-7-11/h4-9H,1-3H3. The van der Waals surface area contributed by atoms with Crippen molar-refractivity contribution in [3.8, 4) is 5.69 Å². The molecule has 0 saturated carbocycles. The molecule has 0 aliphatic rings. The number of benzene rings is 1. The van der Waals surface area contributed by atoms with E-state index in [0.29, 0.717) is 11.4 Å². The number of aromatic nitrogens is 2. The van der Waals surface area contributed by atoms with Crippen LogP contribution in [0.3, 0.4) is 0 Å². The third-order valence-corrected chi connectivity index (χ3v) is 3.00. The Balaban J connectivity index is 2.69. The van der Waals surface area contributed by atoms with E-state index in [9.17, 15) is 14.0 Å². The molecule has 0 radical (unpaired) electrons. The van der Waals surface area contributed by atoms with Crippen molar-refractivity contribution in [2.24, 2.45) is 0 Å². The summed E-state index contributed by atoms with van der Waals surface area (Å²) in [5.74, 6) is -1.12. The van der Waals surface area contributed by atoms with Gasteiger partial charge in [0, 0.05) is 0 Å². The highest BCUT2D eigenvalue weighted by Crippen LogP contribution is 2.13. The Bertz CT molecular complexity index is 721. The summed E-state index contributed by atoms with van der Waals surface area (Å²) in [6, 6.07) is 6.73. The average Bonchev–Trinajstić information content (AvgIpc) is 2.47. The Morgan fingerprint density at radius 1 is 1.29 bits per heavy atom. The smallest absolute Gasteiger partial charge is 0.343 e. The monoisotopic (exact) mass is 290 g/mol. The number of methoxy groups -OCH3 is 1. The molecule has 0 bridgehead atoms. The van der Waals surface area contributed by atoms with E-state index in [1.807, 2.05) is 13.8 Å². The van der Waals surface area contributed by atoms with Crippen LogP contribution in [0.25, 0.3) is 5.69 Å². The zero-order chi connectivity index (χ0) is 15.6. The van der Waals surface area contributed by atoms with Crippen molar-refractivity contribution < 1.29 is 13.9 Å². The Morgan fingerprint density at radius 2 is 1.90 bits per heavy atom. The Hall–Kier alpha value is -2.50. The first kappa shape index (κ1) is 14.9. The van der Waals surface area contributed by atoms with Crippen molar-refractivity contribution in [2.45, 2.75) is 19.8 Å². The first-order chi connectivity index (χ1) is 9.93. The van der Waals surface area contributed by atoms with Gasteiger partial charge in [-0.25, -0.2) is 9.18 Å². The second-order valence-electron chi connectivity index (χ2n) is 4.82. The number of carbonyl (C=O) groups is 1. The van der Waals surface area contributed by atoms with Crippen LogP contribution in [-0.2, 0) is 4.74 Å². The molecular formula is C15H15FN2O3. The van der Waals surface area contributed by atoms with Crippen molar-refractivity contribution >= 4 is 5.97 Å². The lowest BCUT2D eigenvalue weighted by Crippen LogP contribution is -2.29. The van der Waals surface area contributed by atoms with Crippen LogP contribution in [0, 0.1) is 5.82 Å². The molecule has 1 aromatic carbocycles. The third kappa shape index (κ3) is 2.99. The van der Waals surface area contributed by atoms with Crippen LogP contribution in [0.15, 0.2) is 35.1 Å². The summed E-state index contributed by atoms with van der Waals surface area (Å²) in [6.45, 7) is 3.78. The van der Waals surface area contributed by atoms with Crippen LogP contribution >= 0.6 is 0 Å². The summed E-state index contributed by atoms with van der Waals surface area (Å²) in [7, 11) is 1.21. The van der Waals surface area contributed by atoms with Gasteiger partial charge in [0.25, 0.3) is 5.56 Å². The molecule has 110 valence electrons. The fraction of sp³-hybridized carbons (Fsp3) is 0.267. The molecule has 2 rings (SSSR count). The second-order valence-corrected chi connectivity index (χ2v) is 4.82. The number of hydrogen-bond acceptors (Lipinski definition) is 4. The highest BCUT2D eigenvalue weighted by atomic mass is 19.1. The van der Waals surface area contributed by atoms with Gasteiger partial charge in [-0.2, -0.15) is 9.78 Å². The predicted molar refractivity (Wildman–Crippen MR) is 75.2 cm³/mol. The van der Waals surface area contributed by atoms with Gasteiger partial charge in [0.2, 0.25) is 0 Å². The molecule has 0 aliphatic carbocycles. The Morgan fingerprint density at radius 3 is 2.43 bits per heavy atom. The molecule has 0 unspecified atom stereocenters. The topological polar surface area (TPSA) is 61.2 Å². The summed E-state index contributed by atoms with van der Waals surface area (Å²) < 4.78 is 18.7. The van der Waals surface area contributed by atoms with Gasteiger partial charge in [-0.05, 0) is 36.2 Å². The first-order valence-corrected chi connectivity index (χ1v) is 6.42. The minimum absolute atomic E-state index is 0.0145. The largest absolute Gasteiger partial charge is 0.465 e. The SMILES string of the molecule is COC(=O)c1cc(C(C)C)nn(-c2ccc(F)cc2)c1=O. The van der Waals surface area contributed by atoms with E-state index >= 15 is 0 Å². The molecular weight excluding hydrogens is 275 g/mol. The number of rotatable bonds is 3. The Kier molecular flexibility index (Phi) is 4.16. The van der Waals surface area contributed by atoms with Crippen molar-refractivity contribution in [1.82, 2.24) is 9.78 Å². The molecule has 0 atom stereocenters. The fourth-order valence-corrected chi connectivity index (χ4v) is 1.81. The summed E-state index contributed by atoms with van der Waals surface area (Å²) in [4.78, 5) is 24.1. The normalized spacial score (nSPS) is 10.7.